The molecule has 0 unspecified atom stereocenters. The molecule has 2 aromatic rings. The second-order valence-corrected chi connectivity index (χ2v) is 5.69. The van der Waals surface area contributed by atoms with E-state index in [1.165, 1.54) is 16.2 Å². The highest BCUT2D eigenvalue weighted by molar-refractivity contribution is 7.98. The van der Waals surface area contributed by atoms with Crippen molar-refractivity contribution in [1.82, 2.24) is 10.4 Å². The molecule has 3 N–H and O–H groups in total. The van der Waals surface area contributed by atoms with Crippen LogP contribution in [0.1, 0.15) is 11.3 Å². The third-order valence-corrected chi connectivity index (χ3v) is 3.90. The van der Waals surface area contributed by atoms with Crippen molar-refractivity contribution < 1.29 is 4.79 Å². The minimum absolute atomic E-state index is 0.177. The molecule has 0 aliphatic heterocycles. The normalized spacial score (nSPS) is 10.8. The molecule has 1 aromatic heterocycles. The number of nitrogens with one attached hydrogen (secondary N) is 1. The molecule has 0 spiro atoms. The molecule has 0 saturated heterocycles. The second-order valence-electron chi connectivity index (χ2n) is 3.92. The van der Waals surface area contributed by atoms with Gasteiger partial charge in [0.2, 0.25) is 5.91 Å². The predicted octanol–water partition coefficient (Wildman–Crippen LogP) is 2.14. The van der Waals surface area contributed by atoms with Gasteiger partial charge in [-0.15, -0.1) is 23.1 Å². The molecule has 0 atom stereocenters. The topological polar surface area (TPSA) is 80.4 Å². The maximum absolute atomic E-state index is 11.6. The molecular weight excluding hydrogens is 292 g/mol. The van der Waals surface area contributed by atoms with E-state index in [1.807, 2.05) is 30.5 Å². The molecule has 7 heteroatoms. The number of nitrogens with zero attached hydrogens (tertiary/aromatic N) is 2. The van der Waals surface area contributed by atoms with Gasteiger partial charge in [0, 0.05) is 10.3 Å². The van der Waals surface area contributed by atoms with Crippen molar-refractivity contribution in [2.45, 2.75) is 11.3 Å². The van der Waals surface area contributed by atoms with Crippen LogP contribution >= 0.6 is 23.1 Å². The summed E-state index contributed by atoms with van der Waals surface area (Å²) in [5.74, 6) is -0.215. The molecule has 0 aliphatic rings. The van der Waals surface area contributed by atoms with Gasteiger partial charge in [-0.3, -0.25) is 4.79 Å². The number of aromatic nitrogens is 1. The second kappa shape index (κ2) is 7.06. The molecule has 104 valence electrons. The van der Waals surface area contributed by atoms with Crippen LogP contribution in [0.5, 0.6) is 0 Å². The third kappa shape index (κ3) is 4.36. The summed E-state index contributed by atoms with van der Waals surface area (Å²) in [7, 11) is 0. The molecule has 1 amide bonds. The number of nitrogen functional groups attached to an aromatic ring is 1. The summed E-state index contributed by atoms with van der Waals surface area (Å²) in [4.78, 5) is 16.8. The number of amides is 1. The Morgan fingerprint density at radius 1 is 1.50 bits per heavy atom. The first-order valence-electron chi connectivity index (χ1n) is 5.83. The summed E-state index contributed by atoms with van der Waals surface area (Å²) in [6.07, 6.45) is 3.81. The molecule has 1 aromatic carbocycles. The molecular formula is C13H14N4OS2. The van der Waals surface area contributed by atoms with Crippen molar-refractivity contribution in [2.24, 2.45) is 5.10 Å². The standard InChI is InChI=1S/C13H14N4OS2/c1-19-11-4-2-9(3-5-11)7-15-17-12(18)6-10-8-20-13(14)16-10/h2-5,7-8H,6H2,1H3,(H2,14,16)(H,17,18)/b15-7+. The molecule has 20 heavy (non-hydrogen) atoms. The van der Waals surface area contributed by atoms with Crippen LogP contribution in [0.2, 0.25) is 0 Å². The van der Waals surface area contributed by atoms with Crippen LogP contribution in [0, 0.1) is 0 Å². The zero-order valence-electron chi connectivity index (χ0n) is 10.9. The molecule has 0 fully saturated rings. The highest BCUT2D eigenvalue weighted by atomic mass is 32.2. The Labute approximate surface area is 125 Å². The van der Waals surface area contributed by atoms with E-state index >= 15 is 0 Å². The number of carbonyl (C=O) groups excluding carboxylic acids is 1. The predicted molar refractivity (Wildman–Crippen MR) is 84.2 cm³/mol. The fourth-order valence-corrected chi connectivity index (χ4v) is 2.45. The maximum Gasteiger partial charge on any atom is 0.246 e. The van der Waals surface area contributed by atoms with Crippen molar-refractivity contribution in [3.05, 3.63) is 40.9 Å². The van der Waals surface area contributed by atoms with E-state index in [0.29, 0.717) is 10.8 Å². The Kier molecular flexibility index (Phi) is 5.14. The summed E-state index contributed by atoms with van der Waals surface area (Å²) in [5.41, 5.74) is 9.55. The van der Waals surface area contributed by atoms with Gasteiger partial charge in [0.1, 0.15) is 0 Å². The van der Waals surface area contributed by atoms with E-state index in [0.717, 1.165) is 5.56 Å². The average Bonchev–Trinajstić information content (AvgIpc) is 2.85. The largest absolute Gasteiger partial charge is 0.375 e. The van der Waals surface area contributed by atoms with Gasteiger partial charge in [-0.05, 0) is 24.0 Å². The van der Waals surface area contributed by atoms with Gasteiger partial charge in [0.25, 0.3) is 0 Å². The van der Waals surface area contributed by atoms with Crippen molar-refractivity contribution in [3.63, 3.8) is 0 Å². The number of anilines is 1. The number of nitrogens with two attached hydrogens (primary N) is 1. The summed E-state index contributed by atoms with van der Waals surface area (Å²) in [6, 6.07) is 7.91. The molecule has 0 aliphatic carbocycles. The number of thiazole rings is 1. The van der Waals surface area contributed by atoms with Gasteiger partial charge in [0.05, 0.1) is 18.3 Å². The third-order valence-electron chi connectivity index (χ3n) is 2.43. The molecule has 1 heterocycles. The number of hydrogen-bond acceptors (Lipinski definition) is 6. The Morgan fingerprint density at radius 2 is 2.25 bits per heavy atom. The van der Waals surface area contributed by atoms with Crippen LogP contribution in [-0.4, -0.2) is 23.4 Å². The number of thioether (sulfide) groups is 1. The van der Waals surface area contributed by atoms with Crippen molar-refractivity contribution in [1.29, 1.82) is 0 Å². The number of carbonyl (C=O) groups is 1. The average molecular weight is 306 g/mol. The van der Waals surface area contributed by atoms with E-state index in [-0.39, 0.29) is 12.3 Å². The minimum Gasteiger partial charge on any atom is -0.375 e. The lowest BCUT2D eigenvalue weighted by molar-refractivity contribution is -0.120. The molecule has 0 radical (unpaired) electrons. The first kappa shape index (κ1) is 14.5. The monoisotopic (exact) mass is 306 g/mol. The molecule has 0 saturated carbocycles. The van der Waals surface area contributed by atoms with Crippen LogP contribution in [-0.2, 0) is 11.2 Å². The summed E-state index contributed by atoms with van der Waals surface area (Å²) in [6.45, 7) is 0. The zero-order chi connectivity index (χ0) is 14.4. The van der Waals surface area contributed by atoms with Gasteiger partial charge >= 0.3 is 0 Å². The molecule has 0 bridgehead atoms. The summed E-state index contributed by atoms with van der Waals surface area (Å²) in [5, 5.41) is 6.14. The fraction of sp³-hybridized carbons (Fsp3) is 0.154. The number of benzene rings is 1. The summed E-state index contributed by atoms with van der Waals surface area (Å²) >= 11 is 3.00. The Hall–Kier alpha value is -1.86. The van der Waals surface area contributed by atoms with E-state index in [4.69, 9.17) is 5.73 Å². The van der Waals surface area contributed by atoms with E-state index in [2.05, 4.69) is 15.5 Å². The first-order valence-corrected chi connectivity index (χ1v) is 7.93. The van der Waals surface area contributed by atoms with Crippen LogP contribution in [0.25, 0.3) is 0 Å². The number of rotatable bonds is 5. The molecule has 2 rings (SSSR count). The quantitative estimate of drug-likeness (QED) is 0.504. The van der Waals surface area contributed by atoms with Crippen molar-refractivity contribution in [2.75, 3.05) is 12.0 Å². The lowest BCUT2D eigenvalue weighted by Gasteiger charge is -1.98. The van der Waals surface area contributed by atoms with Crippen molar-refractivity contribution >= 4 is 40.4 Å². The van der Waals surface area contributed by atoms with Gasteiger partial charge < -0.3 is 5.73 Å². The van der Waals surface area contributed by atoms with Gasteiger partial charge in [-0.25, -0.2) is 10.4 Å². The van der Waals surface area contributed by atoms with E-state index in [9.17, 15) is 4.79 Å². The lowest BCUT2D eigenvalue weighted by Crippen LogP contribution is -2.19. The fourth-order valence-electron chi connectivity index (χ4n) is 1.48. The minimum atomic E-state index is -0.215. The van der Waals surface area contributed by atoms with Crippen LogP contribution in [0.3, 0.4) is 0 Å². The first-order chi connectivity index (χ1) is 9.67. The van der Waals surface area contributed by atoms with Gasteiger partial charge in [-0.1, -0.05) is 12.1 Å². The SMILES string of the molecule is CSc1ccc(/C=N/NC(=O)Cc2csc(N)n2)cc1. The van der Waals surface area contributed by atoms with E-state index < -0.39 is 0 Å². The highest BCUT2D eigenvalue weighted by Crippen LogP contribution is 2.14. The highest BCUT2D eigenvalue weighted by Gasteiger charge is 2.05. The van der Waals surface area contributed by atoms with Crippen molar-refractivity contribution in [3.8, 4) is 0 Å². The van der Waals surface area contributed by atoms with Gasteiger partial charge in [-0.2, -0.15) is 5.10 Å². The van der Waals surface area contributed by atoms with E-state index in [1.54, 1.807) is 23.4 Å². The number of hydrogen-bond donors (Lipinski definition) is 2. The molecule has 5 nitrogen and oxygen atoms in total. The Morgan fingerprint density at radius 3 is 2.85 bits per heavy atom. The van der Waals surface area contributed by atoms with Gasteiger partial charge in [0.15, 0.2) is 5.13 Å². The number of hydrazone groups is 1. The van der Waals surface area contributed by atoms with Crippen LogP contribution in [0.4, 0.5) is 5.13 Å². The Bertz CT molecular complexity index is 607. The lowest BCUT2D eigenvalue weighted by atomic mass is 10.2. The van der Waals surface area contributed by atoms with Crippen LogP contribution < -0.4 is 11.2 Å². The van der Waals surface area contributed by atoms with Crippen LogP contribution in [0.15, 0.2) is 39.6 Å². The summed E-state index contributed by atoms with van der Waals surface area (Å²) < 4.78 is 0. The smallest absolute Gasteiger partial charge is 0.246 e. The maximum atomic E-state index is 11.6. The Balaban J connectivity index is 1.84. The zero-order valence-corrected chi connectivity index (χ0v) is 12.5.